The Bertz CT molecular complexity index is 580. The van der Waals surface area contributed by atoms with Gasteiger partial charge in [0.2, 0.25) is 0 Å². The van der Waals surface area contributed by atoms with E-state index in [4.69, 9.17) is 27.9 Å². The number of halogens is 3. The molecule has 19 heavy (non-hydrogen) atoms. The predicted molar refractivity (Wildman–Crippen MR) is 73.6 cm³/mol. The van der Waals surface area contributed by atoms with Crippen LogP contribution in [0.15, 0.2) is 36.4 Å². The maximum absolute atomic E-state index is 13.2. The van der Waals surface area contributed by atoms with Crippen LogP contribution in [0.5, 0.6) is 11.5 Å². The van der Waals surface area contributed by atoms with Crippen molar-refractivity contribution < 1.29 is 14.2 Å². The molecule has 0 radical (unpaired) electrons. The molecule has 1 unspecified atom stereocenters. The number of hydrogen-bond donors (Lipinski definition) is 1. The van der Waals surface area contributed by atoms with Crippen LogP contribution in [0.2, 0.25) is 10.0 Å². The van der Waals surface area contributed by atoms with Gasteiger partial charge >= 0.3 is 0 Å². The highest BCUT2D eigenvalue weighted by atomic mass is 35.5. The highest BCUT2D eigenvalue weighted by molar-refractivity contribution is 6.34. The maximum Gasteiger partial charge on any atom is 0.133 e. The molecule has 0 amide bonds. The van der Waals surface area contributed by atoms with E-state index in [1.807, 2.05) is 0 Å². The number of hydrogen-bond acceptors (Lipinski definition) is 2. The molecule has 2 aromatic rings. The first kappa shape index (κ1) is 14.1. The summed E-state index contributed by atoms with van der Waals surface area (Å²) in [5.74, 6) is 0.341. The summed E-state index contributed by atoms with van der Waals surface area (Å²) in [6.07, 6.45) is -0.847. The summed E-state index contributed by atoms with van der Waals surface area (Å²) in [7, 11) is 0. The maximum atomic E-state index is 13.2. The molecule has 0 aliphatic heterocycles. The second-order valence-electron chi connectivity index (χ2n) is 4.07. The molecule has 1 atom stereocenters. The number of benzene rings is 2. The van der Waals surface area contributed by atoms with Crippen molar-refractivity contribution in [2.75, 3.05) is 0 Å². The van der Waals surface area contributed by atoms with E-state index in [2.05, 4.69) is 0 Å². The average molecular weight is 301 g/mol. The zero-order valence-corrected chi connectivity index (χ0v) is 11.5. The molecule has 0 fully saturated rings. The first-order valence-corrected chi connectivity index (χ1v) is 6.33. The molecule has 0 saturated carbocycles. The highest BCUT2D eigenvalue weighted by Crippen LogP contribution is 2.33. The van der Waals surface area contributed by atoms with E-state index in [1.165, 1.54) is 25.1 Å². The van der Waals surface area contributed by atoms with Crippen LogP contribution < -0.4 is 4.74 Å². The topological polar surface area (TPSA) is 29.5 Å². The van der Waals surface area contributed by atoms with Gasteiger partial charge in [-0.15, -0.1) is 0 Å². The number of rotatable bonds is 3. The van der Waals surface area contributed by atoms with Gasteiger partial charge in [-0.2, -0.15) is 0 Å². The van der Waals surface area contributed by atoms with Crippen LogP contribution in [0, 0.1) is 5.82 Å². The Hall–Kier alpha value is -1.29. The summed E-state index contributed by atoms with van der Waals surface area (Å²) in [5.41, 5.74) is 0.357. The first-order valence-electron chi connectivity index (χ1n) is 5.57. The van der Waals surface area contributed by atoms with Crippen molar-refractivity contribution in [2.45, 2.75) is 13.0 Å². The lowest BCUT2D eigenvalue weighted by Crippen LogP contribution is -1.97. The van der Waals surface area contributed by atoms with E-state index < -0.39 is 11.9 Å². The van der Waals surface area contributed by atoms with Gasteiger partial charge in [0.15, 0.2) is 0 Å². The van der Waals surface area contributed by atoms with E-state index in [-0.39, 0.29) is 0 Å². The summed E-state index contributed by atoms with van der Waals surface area (Å²) in [5, 5.41) is 10.5. The third kappa shape index (κ3) is 3.60. The van der Waals surface area contributed by atoms with Crippen molar-refractivity contribution in [3.8, 4) is 11.5 Å². The quantitative estimate of drug-likeness (QED) is 0.866. The monoisotopic (exact) mass is 300 g/mol. The normalized spacial score (nSPS) is 12.3. The Balaban J connectivity index is 2.37. The zero-order chi connectivity index (χ0) is 14.0. The third-order valence-corrected chi connectivity index (χ3v) is 2.92. The summed E-state index contributed by atoms with van der Waals surface area (Å²) < 4.78 is 18.8. The molecule has 0 aliphatic carbocycles. The van der Waals surface area contributed by atoms with Crippen molar-refractivity contribution in [3.63, 3.8) is 0 Å². The zero-order valence-electron chi connectivity index (χ0n) is 10.0. The minimum absolute atomic E-state index is 0.356. The van der Waals surface area contributed by atoms with E-state index in [0.717, 1.165) is 0 Å². The van der Waals surface area contributed by atoms with E-state index in [0.29, 0.717) is 27.1 Å². The van der Waals surface area contributed by atoms with Gasteiger partial charge in [-0.25, -0.2) is 4.39 Å². The highest BCUT2D eigenvalue weighted by Gasteiger charge is 2.12. The molecule has 100 valence electrons. The van der Waals surface area contributed by atoms with E-state index in [9.17, 15) is 9.50 Å². The number of aliphatic hydroxyl groups is 1. The van der Waals surface area contributed by atoms with Crippen LogP contribution in [0.1, 0.15) is 18.6 Å². The molecule has 0 heterocycles. The Morgan fingerprint density at radius 2 is 1.74 bits per heavy atom. The van der Waals surface area contributed by atoms with Crippen LogP contribution >= 0.6 is 23.2 Å². The smallest absolute Gasteiger partial charge is 0.133 e. The fourth-order valence-electron chi connectivity index (χ4n) is 1.65. The second-order valence-corrected chi connectivity index (χ2v) is 4.94. The standard InChI is InChI=1S/C14H11Cl2FO2/c1-8(18)13-7-11(17)2-3-14(13)19-12-5-9(15)4-10(16)6-12/h2-8,18H,1H3. The molecule has 1 N–H and O–H groups in total. The lowest BCUT2D eigenvalue weighted by atomic mass is 10.1. The SMILES string of the molecule is CC(O)c1cc(F)ccc1Oc1cc(Cl)cc(Cl)c1. The van der Waals surface area contributed by atoms with Crippen molar-refractivity contribution in [1.82, 2.24) is 0 Å². The Morgan fingerprint density at radius 3 is 2.32 bits per heavy atom. The van der Waals surface area contributed by atoms with Gasteiger partial charge in [-0.05, 0) is 43.3 Å². The fourth-order valence-corrected chi connectivity index (χ4v) is 2.16. The molecule has 0 bridgehead atoms. The molecule has 2 nitrogen and oxygen atoms in total. The lowest BCUT2D eigenvalue weighted by molar-refractivity contribution is 0.195. The van der Waals surface area contributed by atoms with Crippen LogP contribution in [0.25, 0.3) is 0 Å². The largest absolute Gasteiger partial charge is 0.457 e. The Kier molecular flexibility index (Phi) is 4.30. The molecular formula is C14H11Cl2FO2. The van der Waals surface area contributed by atoms with E-state index >= 15 is 0 Å². The molecule has 2 rings (SSSR count). The van der Waals surface area contributed by atoms with Gasteiger partial charge in [0.05, 0.1) is 6.10 Å². The molecule has 0 aliphatic rings. The molecular weight excluding hydrogens is 290 g/mol. The average Bonchev–Trinajstić information content (AvgIpc) is 2.30. The summed E-state index contributed by atoms with van der Waals surface area (Å²) in [6.45, 7) is 1.53. The van der Waals surface area contributed by atoms with Gasteiger partial charge in [0.1, 0.15) is 17.3 Å². The Labute approximate surface area is 120 Å². The number of aliphatic hydroxyl groups excluding tert-OH is 1. The van der Waals surface area contributed by atoms with Crippen molar-refractivity contribution in [3.05, 3.63) is 57.8 Å². The molecule has 5 heteroatoms. The van der Waals surface area contributed by atoms with Crippen molar-refractivity contribution in [2.24, 2.45) is 0 Å². The predicted octanol–water partition coefficient (Wildman–Crippen LogP) is 4.98. The summed E-state index contributed by atoms with van der Waals surface area (Å²) in [6, 6.07) is 8.69. The summed E-state index contributed by atoms with van der Waals surface area (Å²) in [4.78, 5) is 0. The second kappa shape index (κ2) is 5.78. The van der Waals surface area contributed by atoms with Gasteiger partial charge in [0.25, 0.3) is 0 Å². The lowest BCUT2D eigenvalue weighted by Gasteiger charge is -2.13. The van der Waals surface area contributed by atoms with Crippen LogP contribution in [-0.2, 0) is 0 Å². The molecule has 0 aromatic heterocycles. The van der Waals surface area contributed by atoms with Crippen LogP contribution in [0.4, 0.5) is 4.39 Å². The summed E-state index contributed by atoms with van der Waals surface area (Å²) >= 11 is 11.7. The van der Waals surface area contributed by atoms with Crippen molar-refractivity contribution >= 4 is 23.2 Å². The Morgan fingerprint density at radius 1 is 1.11 bits per heavy atom. The van der Waals surface area contributed by atoms with Gasteiger partial charge in [0, 0.05) is 15.6 Å². The minimum atomic E-state index is -0.847. The van der Waals surface area contributed by atoms with Crippen molar-refractivity contribution in [1.29, 1.82) is 0 Å². The van der Waals surface area contributed by atoms with Crippen LogP contribution in [-0.4, -0.2) is 5.11 Å². The first-order chi connectivity index (χ1) is 8.95. The van der Waals surface area contributed by atoms with Gasteiger partial charge in [-0.3, -0.25) is 0 Å². The molecule has 0 saturated heterocycles. The van der Waals surface area contributed by atoms with Gasteiger partial charge in [-0.1, -0.05) is 23.2 Å². The minimum Gasteiger partial charge on any atom is -0.457 e. The fraction of sp³-hybridized carbons (Fsp3) is 0.143. The van der Waals surface area contributed by atoms with E-state index in [1.54, 1.807) is 18.2 Å². The molecule has 2 aromatic carbocycles. The van der Waals surface area contributed by atoms with Gasteiger partial charge < -0.3 is 9.84 Å². The number of ether oxygens (including phenoxy) is 1. The molecule has 0 spiro atoms. The van der Waals surface area contributed by atoms with Crippen LogP contribution in [0.3, 0.4) is 0 Å². The third-order valence-electron chi connectivity index (χ3n) is 2.49.